The second kappa shape index (κ2) is 3.44. The van der Waals surface area contributed by atoms with Gasteiger partial charge in [-0.05, 0) is 12.1 Å². The van der Waals surface area contributed by atoms with Crippen molar-refractivity contribution in [1.82, 2.24) is 20.3 Å². The molecule has 0 saturated heterocycles. The van der Waals surface area contributed by atoms with Crippen molar-refractivity contribution in [2.24, 2.45) is 0 Å². The third-order valence-electron chi connectivity index (χ3n) is 2.66. The Hall–Kier alpha value is -2.17. The lowest BCUT2D eigenvalue weighted by atomic mass is 10.1. The van der Waals surface area contributed by atoms with E-state index >= 15 is 0 Å². The Morgan fingerprint density at radius 1 is 1.38 bits per heavy atom. The van der Waals surface area contributed by atoms with Crippen LogP contribution in [0.3, 0.4) is 0 Å². The first kappa shape index (κ1) is 9.08. The topological polar surface area (TPSA) is 70.7 Å². The minimum absolute atomic E-state index is 0.0159. The van der Waals surface area contributed by atoms with Crippen LogP contribution in [0.1, 0.15) is 16.1 Å². The number of fused-ring (bicyclic) bond motifs is 1. The molecule has 0 saturated carbocycles. The van der Waals surface area contributed by atoms with Gasteiger partial charge in [0.15, 0.2) is 0 Å². The molecule has 0 radical (unpaired) electrons. The summed E-state index contributed by atoms with van der Waals surface area (Å²) < 4.78 is 0. The average molecular weight is 214 g/mol. The van der Waals surface area contributed by atoms with Crippen molar-refractivity contribution in [3.8, 4) is 11.4 Å². The molecule has 1 amide bonds. The summed E-state index contributed by atoms with van der Waals surface area (Å²) in [7, 11) is 0. The van der Waals surface area contributed by atoms with E-state index in [2.05, 4.69) is 20.3 Å². The molecule has 2 aromatic heterocycles. The van der Waals surface area contributed by atoms with Crippen LogP contribution in [0.4, 0.5) is 0 Å². The highest BCUT2D eigenvalue weighted by molar-refractivity contribution is 5.97. The Bertz CT molecular complexity index is 532. The monoisotopic (exact) mass is 214 g/mol. The van der Waals surface area contributed by atoms with Crippen LogP contribution in [0, 0.1) is 0 Å². The molecule has 1 aliphatic heterocycles. The first-order valence-corrected chi connectivity index (χ1v) is 5.11. The second-order valence-electron chi connectivity index (χ2n) is 3.68. The van der Waals surface area contributed by atoms with Gasteiger partial charge in [-0.2, -0.15) is 0 Å². The molecular weight excluding hydrogens is 204 g/mol. The van der Waals surface area contributed by atoms with Crippen molar-refractivity contribution < 1.29 is 4.79 Å². The molecule has 5 heteroatoms. The van der Waals surface area contributed by atoms with E-state index in [4.69, 9.17) is 0 Å². The molecule has 16 heavy (non-hydrogen) atoms. The Balaban J connectivity index is 2.08. The van der Waals surface area contributed by atoms with Crippen LogP contribution in [0.2, 0.25) is 0 Å². The molecule has 3 rings (SSSR count). The van der Waals surface area contributed by atoms with Crippen LogP contribution in [0.15, 0.2) is 24.7 Å². The maximum absolute atomic E-state index is 11.6. The van der Waals surface area contributed by atoms with Crippen molar-refractivity contribution in [3.05, 3.63) is 35.9 Å². The van der Waals surface area contributed by atoms with Gasteiger partial charge < -0.3 is 10.3 Å². The van der Waals surface area contributed by atoms with E-state index in [0.29, 0.717) is 6.54 Å². The van der Waals surface area contributed by atoms with Crippen molar-refractivity contribution in [2.75, 3.05) is 6.54 Å². The summed E-state index contributed by atoms with van der Waals surface area (Å²) in [6.45, 7) is 0.690. The van der Waals surface area contributed by atoms with Gasteiger partial charge >= 0.3 is 0 Å². The third kappa shape index (κ3) is 1.37. The van der Waals surface area contributed by atoms with Crippen LogP contribution in [-0.4, -0.2) is 27.4 Å². The zero-order valence-corrected chi connectivity index (χ0v) is 8.53. The Labute approximate surface area is 91.9 Å². The van der Waals surface area contributed by atoms with E-state index in [1.165, 1.54) is 6.33 Å². The fraction of sp³-hybridized carbons (Fsp3) is 0.182. The lowest BCUT2D eigenvalue weighted by Gasteiger charge is -2.10. The van der Waals surface area contributed by atoms with Crippen molar-refractivity contribution in [3.63, 3.8) is 0 Å². The Kier molecular flexibility index (Phi) is 1.96. The number of nitrogens with one attached hydrogen (secondary N) is 2. The van der Waals surface area contributed by atoms with E-state index in [1.807, 2.05) is 12.1 Å². The Morgan fingerprint density at radius 3 is 3.06 bits per heavy atom. The number of rotatable bonds is 1. The molecule has 0 spiro atoms. The molecule has 0 aliphatic carbocycles. The van der Waals surface area contributed by atoms with Gasteiger partial charge in [0.1, 0.15) is 6.33 Å². The predicted octanol–water partition coefficient (Wildman–Crippen LogP) is 0.758. The van der Waals surface area contributed by atoms with Gasteiger partial charge in [-0.15, -0.1) is 0 Å². The summed E-state index contributed by atoms with van der Waals surface area (Å²) in [5.74, 6) is -0.0159. The van der Waals surface area contributed by atoms with Gasteiger partial charge in [0.25, 0.3) is 5.91 Å². The van der Waals surface area contributed by atoms with Gasteiger partial charge in [0.05, 0.1) is 17.0 Å². The highest BCUT2D eigenvalue weighted by Gasteiger charge is 2.19. The Morgan fingerprint density at radius 2 is 2.31 bits per heavy atom. The average Bonchev–Trinajstić information content (AvgIpc) is 2.76. The summed E-state index contributed by atoms with van der Waals surface area (Å²) in [5, 5.41) is 2.81. The van der Waals surface area contributed by atoms with E-state index < -0.39 is 0 Å². The molecule has 80 valence electrons. The second-order valence-corrected chi connectivity index (χ2v) is 3.68. The van der Waals surface area contributed by atoms with Gasteiger partial charge in [-0.3, -0.25) is 4.79 Å². The van der Waals surface area contributed by atoms with E-state index in [9.17, 15) is 4.79 Å². The highest BCUT2D eigenvalue weighted by atomic mass is 16.1. The lowest BCUT2D eigenvalue weighted by molar-refractivity contribution is 0.0946. The van der Waals surface area contributed by atoms with Gasteiger partial charge in [-0.25, -0.2) is 9.97 Å². The summed E-state index contributed by atoms with van der Waals surface area (Å²) in [6, 6.07) is 3.65. The number of carbonyl (C=O) groups excluding carboxylic acids is 1. The highest BCUT2D eigenvalue weighted by Crippen LogP contribution is 2.21. The van der Waals surface area contributed by atoms with E-state index in [-0.39, 0.29) is 5.91 Å². The van der Waals surface area contributed by atoms with Crippen LogP contribution in [0.5, 0.6) is 0 Å². The molecule has 2 N–H and O–H groups in total. The molecule has 0 unspecified atom stereocenters. The maximum Gasteiger partial charge on any atom is 0.253 e. The van der Waals surface area contributed by atoms with Gasteiger partial charge in [0.2, 0.25) is 0 Å². The van der Waals surface area contributed by atoms with E-state index in [1.54, 1.807) is 6.20 Å². The number of aromatic amines is 1. The summed E-state index contributed by atoms with van der Waals surface area (Å²) in [5.41, 5.74) is 3.37. The molecule has 0 atom stereocenters. The zero-order valence-electron chi connectivity index (χ0n) is 8.53. The molecular formula is C11H10N4O. The van der Waals surface area contributed by atoms with Crippen molar-refractivity contribution in [2.45, 2.75) is 6.42 Å². The minimum atomic E-state index is -0.0159. The molecule has 2 aromatic rings. The molecule has 1 aliphatic rings. The summed E-state index contributed by atoms with van der Waals surface area (Å²) in [4.78, 5) is 22.8. The van der Waals surface area contributed by atoms with Crippen molar-refractivity contribution >= 4 is 5.91 Å². The number of hydrogen-bond donors (Lipinski definition) is 2. The zero-order chi connectivity index (χ0) is 11.0. The number of amides is 1. The summed E-state index contributed by atoms with van der Waals surface area (Å²) >= 11 is 0. The standard InChI is InChI=1S/C11H10N4O/c16-11-7-5-10(9-1-3-12-6-14-9)15-8(7)2-4-13-11/h1,3,5-6,15H,2,4H2,(H,13,16). The van der Waals surface area contributed by atoms with Crippen LogP contribution < -0.4 is 5.32 Å². The van der Waals surface area contributed by atoms with Crippen LogP contribution >= 0.6 is 0 Å². The number of aromatic nitrogens is 3. The fourth-order valence-electron chi connectivity index (χ4n) is 1.88. The van der Waals surface area contributed by atoms with Gasteiger partial charge in [0, 0.05) is 24.9 Å². The predicted molar refractivity (Wildman–Crippen MR) is 57.9 cm³/mol. The van der Waals surface area contributed by atoms with Gasteiger partial charge in [-0.1, -0.05) is 0 Å². The summed E-state index contributed by atoms with van der Waals surface area (Å²) in [6.07, 6.45) is 4.02. The fourth-order valence-corrected chi connectivity index (χ4v) is 1.88. The number of nitrogens with zero attached hydrogens (tertiary/aromatic N) is 2. The smallest absolute Gasteiger partial charge is 0.253 e. The third-order valence-corrected chi connectivity index (χ3v) is 2.66. The molecule has 0 bridgehead atoms. The number of hydrogen-bond acceptors (Lipinski definition) is 3. The van der Waals surface area contributed by atoms with E-state index in [0.717, 1.165) is 29.1 Å². The largest absolute Gasteiger partial charge is 0.356 e. The first-order valence-electron chi connectivity index (χ1n) is 5.11. The van der Waals surface area contributed by atoms with Crippen LogP contribution in [-0.2, 0) is 6.42 Å². The SMILES string of the molecule is O=C1NCCc2[nH]c(-c3ccncn3)cc21. The number of carbonyl (C=O) groups is 1. The normalized spacial score (nSPS) is 14.4. The molecule has 0 fully saturated rings. The maximum atomic E-state index is 11.6. The molecule has 3 heterocycles. The lowest BCUT2D eigenvalue weighted by Crippen LogP contribution is -2.31. The van der Waals surface area contributed by atoms with Crippen molar-refractivity contribution in [1.29, 1.82) is 0 Å². The quantitative estimate of drug-likeness (QED) is 0.736. The first-order chi connectivity index (χ1) is 7.84. The molecule has 5 nitrogen and oxygen atoms in total. The number of H-pyrrole nitrogens is 1. The molecule has 0 aromatic carbocycles. The van der Waals surface area contributed by atoms with Crippen LogP contribution in [0.25, 0.3) is 11.4 Å². The minimum Gasteiger partial charge on any atom is -0.356 e.